The highest BCUT2D eigenvalue weighted by Gasteiger charge is 2.40. The Morgan fingerprint density at radius 2 is 1.59 bits per heavy atom. The van der Waals surface area contributed by atoms with Crippen LogP contribution in [-0.2, 0) is 15.2 Å². The predicted molar refractivity (Wildman–Crippen MR) is 123 cm³/mol. The number of hydrazone groups is 1. The van der Waals surface area contributed by atoms with Gasteiger partial charge in [-0.2, -0.15) is 5.10 Å². The number of aliphatic hydroxyl groups is 1. The first-order valence-corrected chi connectivity index (χ1v) is 9.99. The molecular formula is C24H21N3O7. The van der Waals surface area contributed by atoms with Gasteiger partial charge in [0, 0.05) is 6.92 Å². The summed E-state index contributed by atoms with van der Waals surface area (Å²) < 4.78 is 10.0. The average molecular weight is 463 g/mol. The van der Waals surface area contributed by atoms with E-state index in [1.807, 2.05) is 0 Å². The molecule has 0 aliphatic heterocycles. The molecule has 0 saturated heterocycles. The van der Waals surface area contributed by atoms with Gasteiger partial charge < -0.3 is 14.6 Å². The number of nitro benzene ring substituents is 1. The number of benzene rings is 3. The van der Waals surface area contributed by atoms with Gasteiger partial charge in [-0.3, -0.25) is 19.7 Å². The number of hydrogen-bond acceptors (Lipinski definition) is 8. The first-order chi connectivity index (χ1) is 16.3. The SMILES string of the molecule is COc1c(OC(C)=O)ccc(C=NNC(=O)C(O)(c2ccccc2)c2ccccc2)c1[N+](=O)[O-]. The number of nitro groups is 1. The summed E-state index contributed by atoms with van der Waals surface area (Å²) in [6.07, 6.45) is 1.03. The quantitative estimate of drug-likeness (QED) is 0.172. The van der Waals surface area contributed by atoms with Crippen LogP contribution in [0.3, 0.4) is 0 Å². The minimum Gasteiger partial charge on any atom is -0.488 e. The monoisotopic (exact) mass is 463 g/mol. The van der Waals surface area contributed by atoms with Crippen molar-refractivity contribution in [3.05, 3.63) is 99.6 Å². The molecule has 0 aliphatic rings. The second-order valence-corrected chi connectivity index (χ2v) is 7.03. The third kappa shape index (κ3) is 4.92. The third-order valence-corrected chi connectivity index (χ3v) is 4.85. The molecule has 3 rings (SSSR count). The summed E-state index contributed by atoms with van der Waals surface area (Å²) in [6, 6.07) is 19.2. The van der Waals surface area contributed by atoms with Crippen LogP contribution < -0.4 is 14.9 Å². The molecule has 3 aromatic carbocycles. The topological polar surface area (TPSA) is 140 Å². The number of carbonyl (C=O) groups excluding carboxylic acids is 2. The summed E-state index contributed by atoms with van der Waals surface area (Å²) >= 11 is 0. The molecular weight excluding hydrogens is 442 g/mol. The molecule has 0 bridgehead atoms. The fourth-order valence-corrected chi connectivity index (χ4v) is 3.32. The van der Waals surface area contributed by atoms with Crippen molar-refractivity contribution in [3.8, 4) is 11.5 Å². The Kier molecular flexibility index (Phi) is 7.34. The molecule has 0 atom stereocenters. The maximum Gasteiger partial charge on any atom is 0.323 e. The minimum atomic E-state index is -2.07. The summed E-state index contributed by atoms with van der Waals surface area (Å²) in [7, 11) is 1.19. The molecule has 34 heavy (non-hydrogen) atoms. The molecule has 10 heteroatoms. The van der Waals surface area contributed by atoms with Crippen LogP contribution in [0, 0.1) is 10.1 Å². The van der Waals surface area contributed by atoms with E-state index in [-0.39, 0.29) is 17.1 Å². The molecule has 0 unspecified atom stereocenters. The maximum absolute atomic E-state index is 13.1. The Labute approximate surface area is 194 Å². The van der Waals surface area contributed by atoms with Crippen molar-refractivity contribution >= 4 is 23.8 Å². The number of nitrogens with one attached hydrogen (secondary N) is 1. The largest absolute Gasteiger partial charge is 0.488 e. The van der Waals surface area contributed by atoms with Crippen molar-refractivity contribution in [1.82, 2.24) is 5.43 Å². The van der Waals surface area contributed by atoms with E-state index in [9.17, 15) is 24.8 Å². The van der Waals surface area contributed by atoms with Crippen molar-refractivity contribution in [3.63, 3.8) is 0 Å². The highest BCUT2D eigenvalue weighted by atomic mass is 16.6. The standard InChI is InChI=1S/C24H21N3O7/c1-16(28)34-20-14-13-17(21(27(31)32)22(20)33-2)15-25-26-23(29)24(30,18-9-5-3-6-10-18)19-11-7-4-8-12-19/h3-15,30H,1-2H3,(H,26,29). The fourth-order valence-electron chi connectivity index (χ4n) is 3.32. The average Bonchev–Trinajstić information content (AvgIpc) is 2.84. The molecule has 0 spiro atoms. The lowest BCUT2D eigenvalue weighted by molar-refractivity contribution is -0.385. The van der Waals surface area contributed by atoms with Gasteiger partial charge in [-0.05, 0) is 23.3 Å². The Bertz CT molecular complexity index is 1190. The number of nitrogens with zero attached hydrogens (tertiary/aromatic N) is 2. The molecule has 2 N–H and O–H groups in total. The van der Waals surface area contributed by atoms with E-state index < -0.39 is 28.1 Å². The zero-order valence-electron chi connectivity index (χ0n) is 18.3. The summed E-state index contributed by atoms with van der Waals surface area (Å²) in [4.78, 5) is 35.3. The van der Waals surface area contributed by atoms with Crippen molar-refractivity contribution in [2.75, 3.05) is 7.11 Å². The van der Waals surface area contributed by atoms with E-state index in [0.717, 1.165) is 13.1 Å². The van der Waals surface area contributed by atoms with E-state index in [2.05, 4.69) is 10.5 Å². The number of esters is 1. The van der Waals surface area contributed by atoms with Crippen LogP contribution in [-0.4, -0.2) is 35.2 Å². The number of carbonyl (C=O) groups is 2. The molecule has 174 valence electrons. The van der Waals surface area contributed by atoms with Crippen LogP contribution >= 0.6 is 0 Å². The van der Waals surface area contributed by atoms with E-state index in [0.29, 0.717) is 11.1 Å². The summed E-state index contributed by atoms with van der Waals surface area (Å²) in [6.45, 7) is 1.15. The normalized spacial score (nSPS) is 11.1. The lowest BCUT2D eigenvalue weighted by Crippen LogP contribution is -2.43. The lowest BCUT2D eigenvalue weighted by Gasteiger charge is -2.27. The molecule has 3 aromatic rings. The van der Waals surface area contributed by atoms with Gasteiger partial charge in [0.1, 0.15) is 0 Å². The van der Waals surface area contributed by atoms with E-state index in [1.165, 1.54) is 19.2 Å². The number of rotatable bonds is 8. The zero-order chi connectivity index (χ0) is 24.7. The number of amides is 1. The third-order valence-electron chi connectivity index (χ3n) is 4.85. The van der Waals surface area contributed by atoms with Gasteiger partial charge in [0.05, 0.1) is 23.8 Å². The number of ether oxygens (including phenoxy) is 2. The Morgan fingerprint density at radius 1 is 1.03 bits per heavy atom. The smallest absolute Gasteiger partial charge is 0.323 e. The molecule has 0 aromatic heterocycles. The van der Waals surface area contributed by atoms with Gasteiger partial charge >= 0.3 is 11.7 Å². The van der Waals surface area contributed by atoms with E-state index in [1.54, 1.807) is 60.7 Å². The van der Waals surface area contributed by atoms with Gasteiger partial charge in [-0.1, -0.05) is 60.7 Å². The molecule has 0 fully saturated rings. The second kappa shape index (κ2) is 10.4. The summed E-state index contributed by atoms with van der Waals surface area (Å²) in [5.41, 5.74) is 0.269. The van der Waals surface area contributed by atoms with Gasteiger partial charge in [0.25, 0.3) is 5.91 Å². The maximum atomic E-state index is 13.1. The van der Waals surface area contributed by atoms with Crippen LogP contribution in [0.5, 0.6) is 11.5 Å². The second-order valence-electron chi connectivity index (χ2n) is 7.03. The van der Waals surface area contributed by atoms with Crippen molar-refractivity contribution in [2.24, 2.45) is 5.10 Å². The molecule has 10 nitrogen and oxygen atoms in total. The first kappa shape index (κ1) is 24.1. The summed E-state index contributed by atoms with van der Waals surface area (Å²) in [5, 5.41) is 26.9. The van der Waals surface area contributed by atoms with E-state index >= 15 is 0 Å². The number of hydrogen-bond donors (Lipinski definition) is 2. The van der Waals surface area contributed by atoms with Crippen molar-refractivity contribution in [2.45, 2.75) is 12.5 Å². The fraction of sp³-hybridized carbons (Fsp3) is 0.125. The van der Waals surface area contributed by atoms with Crippen molar-refractivity contribution in [1.29, 1.82) is 0 Å². The van der Waals surface area contributed by atoms with Crippen LogP contribution in [0.4, 0.5) is 5.69 Å². The Morgan fingerprint density at radius 3 is 2.06 bits per heavy atom. The molecule has 0 saturated carbocycles. The van der Waals surface area contributed by atoms with Gasteiger partial charge in [-0.25, -0.2) is 5.43 Å². The molecule has 1 amide bonds. The number of methoxy groups -OCH3 is 1. The van der Waals surface area contributed by atoms with Crippen molar-refractivity contribution < 1.29 is 29.1 Å². The highest BCUT2D eigenvalue weighted by molar-refractivity contribution is 5.93. The van der Waals surface area contributed by atoms with Crippen LogP contribution in [0.1, 0.15) is 23.6 Å². The summed E-state index contributed by atoms with van der Waals surface area (Å²) in [5.74, 6) is -1.96. The predicted octanol–water partition coefficient (Wildman–Crippen LogP) is 2.91. The van der Waals surface area contributed by atoms with E-state index in [4.69, 9.17) is 9.47 Å². The van der Waals surface area contributed by atoms with Crippen LogP contribution in [0.15, 0.2) is 77.9 Å². The first-order valence-electron chi connectivity index (χ1n) is 9.99. The molecule has 0 radical (unpaired) electrons. The van der Waals surface area contributed by atoms with Gasteiger partial charge in [0.2, 0.25) is 5.75 Å². The van der Waals surface area contributed by atoms with Gasteiger partial charge in [-0.15, -0.1) is 0 Å². The highest BCUT2D eigenvalue weighted by Crippen LogP contribution is 2.39. The zero-order valence-corrected chi connectivity index (χ0v) is 18.3. The molecule has 0 aliphatic carbocycles. The van der Waals surface area contributed by atoms with Gasteiger partial charge in [0.15, 0.2) is 11.4 Å². The Balaban J connectivity index is 1.95. The Hall–Kier alpha value is -4.57. The lowest BCUT2D eigenvalue weighted by atomic mass is 9.85. The van der Waals surface area contributed by atoms with Crippen LogP contribution in [0.25, 0.3) is 0 Å². The minimum absolute atomic E-state index is 0.0268. The van der Waals surface area contributed by atoms with Crippen LogP contribution in [0.2, 0.25) is 0 Å². The molecule has 0 heterocycles.